The molecule has 0 saturated heterocycles. The van der Waals surface area contributed by atoms with Crippen LogP contribution in [-0.4, -0.2) is 42.4 Å². The Morgan fingerprint density at radius 2 is 1.93 bits per heavy atom. The van der Waals surface area contributed by atoms with Gasteiger partial charge in [0, 0.05) is 4.47 Å². The molecule has 0 bridgehead atoms. The third-order valence-electron chi connectivity index (χ3n) is 4.15. The quantitative estimate of drug-likeness (QED) is 0.578. The van der Waals surface area contributed by atoms with Gasteiger partial charge in [-0.2, -0.15) is 4.99 Å². The normalized spacial score (nSPS) is 16.4. The maximum absolute atomic E-state index is 14.4. The minimum atomic E-state index is -4.37. The van der Waals surface area contributed by atoms with Gasteiger partial charge in [0.25, 0.3) is 15.9 Å². The van der Waals surface area contributed by atoms with E-state index in [2.05, 4.69) is 20.9 Å². The molecule has 3 rings (SSSR count). The standard InChI is InChI=1S/C18H15BrFN3O5S2/c19-11-3-6-14(13(20)8-11)23(9-16(24)25)30(27,28)12-4-1-10(2-5-12)7-15-17(26)22-18(21)29-15/h1-6,8,15H,7,9H2,(H,24,25)(H2,21,22,26). The van der Waals surface area contributed by atoms with Crippen LogP contribution in [-0.2, 0) is 26.0 Å². The second-order valence-corrected chi connectivity index (χ2v) is 10.2. The summed E-state index contributed by atoms with van der Waals surface area (Å²) in [5.41, 5.74) is 5.81. The largest absolute Gasteiger partial charge is 0.480 e. The first-order valence-electron chi connectivity index (χ1n) is 8.41. The average Bonchev–Trinajstić information content (AvgIpc) is 2.97. The summed E-state index contributed by atoms with van der Waals surface area (Å²) in [6.45, 7) is -0.952. The molecule has 0 radical (unpaired) electrons. The number of hydrogen-bond acceptors (Lipinski definition) is 6. The summed E-state index contributed by atoms with van der Waals surface area (Å²) in [5.74, 6) is -2.68. The Labute approximate surface area is 184 Å². The van der Waals surface area contributed by atoms with Crippen LogP contribution in [0.3, 0.4) is 0 Å². The second kappa shape index (κ2) is 8.74. The zero-order chi connectivity index (χ0) is 22.1. The van der Waals surface area contributed by atoms with Crippen LogP contribution in [0.25, 0.3) is 0 Å². The minimum absolute atomic E-state index is 0.185. The molecule has 1 unspecified atom stereocenters. The number of carbonyl (C=O) groups is 2. The van der Waals surface area contributed by atoms with Crippen molar-refractivity contribution in [3.05, 3.63) is 58.3 Å². The third-order valence-corrected chi connectivity index (χ3v) is 7.40. The highest BCUT2D eigenvalue weighted by atomic mass is 79.9. The Balaban J connectivity index is 1.89. The molecule has 0 aliphatic carbocycles. The van der Waals surface area contributed by atoms with Crippen LogP contribution in [0.4, 0.5) is 10.1 Å². The summed E-state index contributed by atoms with van der Waals surface area (Å²) in [6, 6.07) is 9.22. The lowest BCUT2D eigenvalue weighted by molar-refractivity contribution is -0.135. The van der Waals surface area contributed by atoms with Crippen molar-refractivity contribution in [2.45, 2.75) is 16.6 Å². The lowest BCUT2D eigenvalue weighted by Gasteiger charge is -2.23. The van der Waals surface area contributed by atoms with Crippen molar-refractivity contribution in [1.29, 1.82) is 0 Å². The van der Waals surface area contributed by atoms with E-state index in [1.165, 1.54) is 36.4 Å². The van der Waals surface area contributed by atoms with E-state index >= 15 is 0 Å². The highest BCUT2D eigenvalue weighted by Gasteiger charge is 2.30. The van der Waals surface area contributed by atoms with Crippen LogP contribution in [0.15, 0.2) is 56.8 Å². The molecule has 3 N–H and O–H groups in total. The fraction of sp³-hybridized carbons (Fsp3) is 0.167. The molecule has 30 heavy (non-hydrogen) atoms. The summed E-state index contributed by atoms with van der Waals surface area (Å²) in [6.07, 6.45) is 0.300. The molecule has 1 heterocycles. The van der Waals surface area contributed by atoms with Crippen molar-refractivity contribution in [2.24, 2.45) is 10.7 Å². The highest BCUT2D eigenvalue weighted by Crippen LogP contribution is 2.29. The van der Waals surface area contributed by atoms with Gasteiger partial charge in [0.15, 0.2) is 5.17 Å². The predicted molar refractivity (Wildman–Crippen MR) is 114 cm³/mol. The number of amides is 1. The number of rotatable bonds is 7. The smallest absolute Gasteiger partial charge is 0.324 e. The van der Waals surface area contributed by atoms with Crippen molar-refractivity contribution < 1.29 is 27.5 Å². The number of carboxylic acid groups (broad SMARTS) is 1. The molecule has 1 amide bonds. The number of amidine groups is 1. The molecule has 1 aliphatic rings. The molecule has 0 saturated carbocycles. The fourth-order valence-electron chi connectivity index (χ4n) is 2.78. The molecule has 158 valence electrons. The Morgan fingerprint density at radius 3 is 2.47 bits per heavy atom. The van der Waals surface area contributed by atoms with Gasteiger partial charge in [0.2, 0.25) is 0 Å². The highest BCUT2D eigenvalue weighted by molar-refractivity contribution is 9.10. The van der Waals surface area contributed by atoms with Crippen molar-refractivity contribution in [1.82, 2.24) is 0 Å². The number of hydrogen-bond donors (Lipinski definition) is 2. The van der Waals surface area contributed by atoms with Gasteiger partial charge in [0.05, 0.1) is 15.8 Å². The van der Waals surface area contributed by atoms with Gasteiger partial charge in [0.1, 0.15) is 12.4 Å². The number of carboxylic acids is 1. The van der Waals surface area contributed by atoms with Gasteiger partial charge in [-0.25, -0.2) is 12.8 Å². The van der Waals surface area contributed by atoms with Gasteiger partial charge in [-0.1, -0.05) is 39.8 Å². The maximum Gasteiger partial charge on any atom is 0.324 e. The SMILES string of the molecule is NC1=NC(=O)C(Cc2ccc(S(=O)(=O)N(CC(=O)O)c3ccc(Br)cc3F)cc2)S1. The van der Waals surface area contributed by atoms with E-state index in [1.807, 2.05) is 0 Å². The van der Waals surface area contributed by atoms with Gasteiger partial charge in [-0.05, 0) is 42.3 Å². The summed E-state index contributed by atoms with van der Waals surface area (Å²) in [5, 5.41) is 8.86. The van der Waals surface area contributed by atoms with Crippen molar-refractivity contribution in [3.8, 4) is 0 Å². The molecular weight excluding hydrogens is 501 g/mol. The number of carbonyl (C=O) groups excluding carboxylic acids is 1. The first-order valence-corrected chi connectivity index (χ1v) is 11.5. The lowest BCUT2D eigenvalue weighted by Crippen LogP contribution is -2.36. The van der Waals surface area contributed by atoms with Crippen LogP contribution in [0.1, 0.15) is 5.56 Å². The van der Waals surface area contributed by atoms with Gasteiger partial charge in [-0.3, -0.25) is 13.9 Å². The molecule has 0 spiro atoms. The first-order chi connectivity index (χ1) is 14.1. The number of nitrogens with two attached hydrogens (primary N) is 1. The molecular formula is C18H15BrFN3O5S2. The fourth-order valence-corrected chi connectivity index (χ4v) is 5.40. The summed E-state index contributed by atoms with van der Waals surface area (Å²) in [7, 11) is -4.37. The van der Waals surface area contributed by atoms with E-state index in [0.29, 0.717) is 20.8 Å². The topological polar surface area (TPSA) is 130 Å². The number of halogens is 2. The van der Waals surface area contributed by atoms with E-state index < -0.39 is 33.6 Å². The molecule has 0 aromatic heterocycles. The van der Waals surface area contributed by atoms with Gasteiger partial charge >= 0.3 is 5.97 Å². The molecule has 2 aromatic carbocycles. The summed E-state index contributed by atoms with van der Waals surface area (Å²) >= 11 is 4.21. The number of aliphatic imine (C=N–C) groups is 1. The van der Waals surface area contributed by atoms with Crippen molar-refractivity contribution in [3.63, 3.8) is 0 Å². The van der Waals surface area contributed by atoms with E-state index in [4.69, 9.17) is 10.8 Å². The van der Waals surface area contributed by atoms with Crippen molar-refractivity contribution >= 4 is 60.4 Å². The maximum atomic E-state index is 14.4. The number of nitrogens with zero attached hydrogens (tertiary/aromatic N) is 2. The van der Waals surface area contributed by atoms with Crippen LogP contribution < -0.4 is 10.0 Å². The Kier molecular flexibility index (Phi) is 6.48. The third kappa shape index (κ3) is 4.82. The Hall–Kier alpha value is -2.44. The minimum Gasteiger partial charge on any atom is -0.480 e. The van der Waals surface area contributed by atoms with Crippen molar-refractivity contribution in [2.75, 3.05) is 10.8 Å². The van der Waals surface area contributed by atoms with Crippen LogP contribution in [0.2, 0.25) is 0 Å². The molecule has 1 aliphatic heterocycles. The number of benzene rings is 2. The second-order valence-electron chi connectivity index (χ2n) is 6.24. The molecule has 1 atom stereocenters. The summed E-state index contributed by atoms with van der Waals surface area (Å²) < 4.78 is 41.3. The lowest BCUT2D eigenvalue weighted by atomic mass is 10.1. The molecule has 12 heteroatoms. The number of sulfonamides is 1. The van der Waals surface area contributed by atoms with E-state index in [1.54, 1.807) is 0 Å². The summed E-state index contributed by atoms with van der Waals surface area (Å²) in [4.78, 5) is 26.4. The van der Waals surface area contributed by atoms with Crippen LogP contribution in [0, 0.1) is 5.82 Å². The predicted octanol–water partition coefficient (Wildman–Crippen LogP) is 2.37. The number of anilines is 1. The molecule has 0 fully saturated rings. The molecule has 2 aromatic rings. The first kappa shape index (κ1) is 22.2. The Morgan fingerprint density at radius 1 is 1.27 bits per heavy atom. The van der Waals surface area contributed by atoms with Crippen LogP contribution >= 0.6 is 27.7 Å². The molecule has 8 nitrogen and oxygen atoms in total. The Bertz CT molecular complexity index is 1140. The van der Waals surface area contributed by atoms with Gasteiger partial charge in [-0.15, -0.1) is 0 Å². The van der Waals surface area contributed by atoms with Gasteiger partial charge < -0.3 is 10.8 Å². The monoisotopic (exact) mass is 515 g/mol. The number of thioether (sulfide) groups is 1. The zero-order valence-corrected chi connectivity index (χ0v) is 18.4. The van der Waals surface area contributed by atoms with E-state index in [9.17, 15) is 22.4 Å². The number of aliphatic carboxylic acids is 1. The van der Waals surface area contributed by atoms with E-state index in [-0.39, 0.29) is 21.7 Å². The zero-order valence-electron chi connectivity index (χ0n) is 15.2. The van der Waals surface area contributed by atoms with Crippen LogP contribution in [0.5, 0.6) is 0 Å². The van der Waals surface area contributed by atoms with E-state index in [0.717, 1.165) is 17.8 Å². The average molecular weight is 516 g/mol.